The summed E-state index contributed by atoms with van der Waals surface area (Å²) in [6, 6.07) is 14.0. The molecule has 0 spiro atoms. The molecule has 1 aliphatic heterocycles. The quantitative estimate of drug-likeness (QED) is 0.260. The molecule has 3 N–H and O–H groups in total. The normalized spacial score (nSPS) is 13.2. The molecular formula is C28H27ClN2O5. The van der Waals surface area contributed by atoms with Crippen LogP contribution in [-0.2, 0) is 6.42 Å². The molecule has 1 unspecified atom stereocenters. The summed E-state index contributed by atoms with van der Waals surface area (Å²) >= 11 is 6.23. The number of H-pyrrole nitrogens is 1. The lowest BCUT2D eigenvalue weighted by atomic mass is 9.93. The second kappa shape index (κ2) is 10.1. The monoisotopic (exact) mass is 506 g/mol. The molecule has 0 saturated carbocycles. The van der Waals surface area contributed by atoms with Crippen molar-refractivity contribution in [3.8, 4) is 17.2 Å². The van der Waals surface area contributed by atoms with E-state index in [2.05, 4.69) is 10.3 Å². The number of carbonyl (C=O) groups is 1. The summed E-state index contributed by atoms with van der Waals surface area (Å²) in [5.41, 5.74) is 4.96. The van der Waals surface area contributed by atoms with E-state index in [9.17, 15) is 4.79 Å². The first kappa shape index (κ1) is 24.0. The molecule has 0 fully saturated rings. The molecule has 7 nitrogen and oxygen atoms in total. The summed E-state index contributed by atoms with van der Waals surface area (Å²) in [5, 5.41) is 14.0. The van der Waals surface area contributed by atoms with Crippen molar-refractivity contribution in [3.63, 3.8) is 0 Å². The number of methoxy groups -OCH3 is 1. The molecule has 36 heavy (non-hydrogen) atoms. The van der Waals surface area contributed by atoms with Crippen LogP contribution in [0, 0.1) is 6.92 Å². The Morgan fingerprint density at radius 3 is 2.81 bits per heavy atom. The Hall–Kier alpha value is -3.68. The Morgan fingerprint density at radius 2 is 2.03 bits per heavy atom. The first-order chi connectivity index (χ1) is 17.5. The van der Waals surface area contributed by atoms with Crippen molar-refractivity contribution >= 4 is 34.0 Å². The number of hydrogen-bond acceptors (Lipinski definition) is 6. The number of ketones is 1. The molecule has 0 aliphatic carbocycles. The van der Waals surface area contributed by atoms with Crippen molar-refractivity contribution in [2.45, 2.75) is 19.4 Å². The van der Waals surface area contributed by atoms with Gasteiger partial charge < -0.3 is 29.6 Å². The van der Waals surface area contributed by atoms with E-state index in [4.69, 9.17) is 30.9 Å². The molecular weight excluding hydrogens is 480 g/mol. The number of ether oxygens (including phenoxy) is 3. The lowest BCUT2D eigenvalue weighted by molar-refractivity contribution is 0.0971. The van der Waals surface area contributed by atoms with E-state index in [1.165, 1.54) is 0 Å². The van der Waals surface area contributed by atoms with Crippen LogP contribution in [0.15, 0.2) is 54.7 Å². The molecule has 2 heterocycles. The van der Waals surface area contributed by atoms with Crippen LogP contribution in [0.4, 0.5) is 5.69 Å². The van der Waals surface area contributed by atoms with Crippen LogP contribution in [0.2, 0.25) is 5.02 Å². The first-order valence-corrected chi connectivity index (χ1v) is 12.1. The van der Waals surface area contributed by atoms with Crippen LogP contribution in [0.25, 0.3) is 10.9 Å². The number of aryl methyl sites for hydroxylation is 1. The summed E-state index contributed by atoms with van der Waals surface area (Å²) in [7, 11) is 1.56. The number of carbonyl (C=O) groups excluding carboxylic acids is 1. The molecule has 3 aromatic carbocycles. The molecule has 0 bridgehead atoms. The molecule has 4 aromatic rings. The average Bonchev–Trinajstić information content (AvgIpc) is 3.52. The Balaban J connectivity index is 1.57. The van der Waals surface area contributed by atoms with E-state index in [0.717, 1.165) is 39.8 Å². The molecule has 1 aromatic heterocycles. The molecule has 8 heteroatoms. The zero-order valence-corrected chi connectivity index (χ0v) is 20.8. The second-order valence-corrected chi connectivity index (χ2v) is 9.11. The van der Waals surface area contributed by atoms with Gasteiger partial charge in [-0.3, -0.25) is 4.79 Å². The van der Waals surface area contributed by atoms with Crippen LogP contribution >= 0.6 is 11.6 Å². The molecule has 0 amide bonds. The topological polar surface area (TPSA) is 92.8 Å². The van der Waals surface area contributed by atoms with Gasteiger partial charge >= 0.3 is 0 Å². The number of aromatic nitrogens is 1. The lowest BCUT2D eigenvalue weighted by Crippen LogP contribution is -2.22. The standard InChI is InChI=1S/C28H27ClN2O5/c1-16-11-17(29)3-4-21(16)27(31-18-12-19(34-2)14-20(13-18)35-10-8-32)28(33)24-15-30-26-22(24)5-6-25-23(26)7-9-36-25/h3-6,11-15,27,30-32H,7-10H2,1-2H3. The van der Waals surface area contributed by atoms with Crippen molar-refractivity contribution in [1.82, 2.24) is 4.98 Å². The number of nitrogens with one attached hydrogen (secondary N) is 2. The van der Waals surface area contributed by atoms with Crippen molar-refractivity contribution in [2.24, 2.45) is 0 Å². The molecule has 0 saturated heterocycles. The molecule has 1 atom stereocenters. The zero-order valence-electron chi connectivity index (χ0n) is 20.1. The number of fused-ring (bicyclic) bond motifs is 3. The van der Waals surface area contributed by atoms with E-state index in [1.807, 2.05) is 31.2 Å². The third kappa shape index (κ3) is 4.59. The Kier molecular flexibility index (Phi) is 6.76. The molecule has 186 valence electrons. The van der Waals surface area contributed by atoms with E-state index in [1.54, 1.807) is 37.6 Å². The predicted octanol–water partition coefficient (Wildman–Crippen LogP) is 5.48. The number of Topliss-reactive ketones (excluding diaryl/α,β-unsaturated/α-hetero) is 1. The number of aliphatic hydroxyl groups is 1. The van der Waals surface area contributed by atoms with Crippen LogP contribution in [-0.4, -0.2) is 42.8 Å². The van der Waals surface area contributed by atoms with Gasteiger partial charge in [0, 0.05) is 58.0 Å². The van der Waals surface area contributed by atoms with E-state index < -0.39 is 6.04 Å². The highest BCUT2D eigenvalue weighted by Crippen LogP contribution is 2.37. The van der Waals surface area contributed by atoms with Crippen LogP contribution < -0.4 is 19.5 Å². The van der Waals surface area contributed by atoms with Crippen molar-refractivity contribution in [2.75, 3.05) is 32.2 Å². The maximum atomic E-state index is 14.1. The SMILES string of the molecule is COc1cc(NC(C(=O)c2c[nH]c3c4c(ccc23)OCC4)c2ccc(Cl)cc2C)cc(OCCO)c1. The number of aliphatic hydroxyl groups excluding tert-OH is 1. The van der Waals surface area contributed by atoms with Gasteiger partial charge in [0.15, 0.2) is 5.78 Å². The van der Waals surface area contributed by atoms with Crippen molar-refractivity contribution < 1.29 is 24.1 Å². The summed E-state index contributed by atoms with van der Waals surface area (Å²) in [5.74, 6) is 1.85. The lowest BCUT2D eigenvalue weighted by Gasteiger charge is -2.22. The van der Waals surface area contributed by atoms with Gasteiger partial charge in [-0.25, -0.2) is 0 Å². The van der Waals surface area contributed by atoms with Gasteiger partial charge in [-0.15, -0.1) is 0 Å². The van der Waals surface area contributed by atoms with E-state index >= 15 is 0 Å². The molecule has 1 aliphatic rings. The van der Waals surface area contributed by atoms with Crippen LogP contribution in [0.3, 0.4) is 0 Å². The van der Waals surface area contributed by atoms with Gasteiger partial charge in [-0.05, 0) is 42.3 Å². The largest absolute Gasteiger partial charge is 0.497 e. The number of rotatable bonds is 9. The van der Waals surface area contributed by atoms with Crippen LogP contribution in [0.1, 0.15) is 33.1 Å². The Labute approximate surface area is 213 Å². The van der Waals surface area contributed by atoms with Gasteiger partial charge in [0.25, 0.3) is 0 Å². The highest BCUT2D eigenvalue weighted by molar-refractivity contribution is 6.30. The van der Waals surface area contributed by atoms with Gasteiger partial charge in [0.2, 0.25) is 0 Å². The third-order valence-electron chi connectivity index (χ3n) is 6.39. The fourth-order valence-corrected chi connectivity index (χ4v) is 4.91. The smallest absolute Gasteiger partial charge is 0.191 e. The fourth-order valence-electron chi connectivity index (χ4n) is 4.68. The number of aromatic amines is 1. The maximum absolute atomic E-state index is 14.1. The van der Waals surface area contributed by atoms with Crippen molar-refractivity contribution in [1.29, 1.82) is 0 Å². The van der Waals surface area contributed by atoms with Gasteiger partial charge in [0.1, 0.15) is 29.9 Å². The summed E-state index contributed by atoms with van der Waals surface area (Å²) in [6.07, 6.45) is 2.58. The predicted molar refractivity (Wildman–Crippen MR) is 140 cm³/mol. The summed E-state index contributed by atoms with van der Waals surface area (Å²) in [4.78, 5) is 17.4. The molecule has 0 radical (unpaired) electrons. The highest BCUT2D eigenvalue weighted by atomic mass is 35.5. The first-order valence-electron chi connectivity index (χ1n) is 11.7. The van der Waals surface area contributed by atoms with Gasteiger partial charge in [-0.1, -0.05) is 17.7 Å². The van der Waals surface area contributed by atoms with Crippen LogP contribution in [0.5, 0.6) is 17.2 Å². The molecule has 5 rings (SSSR count). The second-order valence-electron chi connectivity index (χ2n) is 8.68. The Bertz CT molecular complexity index is 1430. The van der Waals surface area contributed by atoms with E-state index in [0.29, 0.717) is 34.4 Å². The average molecular weight is 507 g/mol. The number of hydrogen-bond donors (Lipinski definition) is 3. The van der Waals surface area contributed by atoms with Gasteiger partial charge in [-0.2, -0.15) is 0 Å². The minimum Gasteiger partial charge on any atom is -0.497 e. The fraction of sp³-hybridized carbons (Fsp3) is 0.250. The minimum atomic E-state index is -0.705. The number of anilines is 1. The Morgan fingerprint density at radius 1 is 1.19 bits per heavy atom. The highest BCUT2D eigenvalue weighted by Gasteiger charge is 2.28. The third-order valence-corrected chi connectivity index (χ3v) is 6.62. The minimum absolute atomic E-state index is 0.0915. The maximum Gasteiger partial charge on any atom is 0.191 e. The zero-order chi connectivity index (χ0) is 25.2. The summed E-state index contributed by atoms with van der Waals surface area (Å²) in [6.45, 7) is 2.61. The van der Waals surface area contributed by atoms with Crippen molar-refractivity contribution in [3.05, 3.63) is 82.0 Å². The number of benzene rings is 3. The number of halogens is 1. The van der Waals surface area contributed by atoms with E-state index in [-0.39, 0.29) is 19.0 Å². The summed E-state index contributed by atoms with van der Waals surface area (Å²) < 4.78 is 16.7. The van der Waals surface area contributed by atoms with Gasteiger partial charge in [0.05, 0.1) is 25.8 Å².